The van der Waals surface area contributed by atoms with Crippen molar-refractivity contribution in [1.82, 2.24) is 5.32 Å². The molecule has 0 aliphatic heterocycles. The van der Waals surface area contributed by atoms with Gasteiger partial charge in [-0.3, -0.25) is 14.4 Å². The number of thiophene rings is 2. The van der Waals surface area contributed by atoms with Gasteiger partial charge in [0.05, 0.1) is 23.7 Å². The van der Waals surface area contributed by atoms with Crippen LogP contribution in [-0.2, 0) is 23.8 Å². The first kappa shape index (κ1) is 26.0. The largest absolute Gasteiger partial charge is 0.462 e. The van der Waals surface area contributed by atoms with Gasteiger partial charge < -0.3 is 24.8 Å². The van der Waals surface area contributed by atoms with Crippen LogP contribution in [-0.4, -0.2) is 56.1 Å². The summed E-state index contributed by atoms with van der Waals surface area (Å²) >= 11 is 2.15. The minimum Gasteiger partial charge on any atom is -0.462 e. The second-order valence-corrected chi connectivity index (χ2v) is 8.81. The van der Waals surface area contributed by atoms with Gasteiger partial charge in [0.1, 0.15) is 16.4 Å². The zero-order valence-corrected chi connectivity index (χ0v) is 20.2. The topological polar surface area (TPSA) is 137 Å². The number of amides is 2. The van der Waals surface area contributed by atoms with Gasteiger partial charge in [-0.05, 0) is 45.4 Å². The first-order valence-corrected chi connectivity index (χ1v) is 11.6. The normalized spacial score (nSPS) is 10.3. The summed E-state index contributed by atoms with van der Waals surface area (Å²) in [5.74, 6) is -3.30. The number of carbonyl (C=O) groups excluding carboxylic acids is 5. The average molecular weight is 497 g/mol. The predicted molar refractivity (Wildman–Crippen MR) is 122 cm³/mol. The first-order valence-electron chi connectivity index (χ1n) is 9.95. The number of aryl methyl sites for hydroxylation is 1. The van der Waals surface area contributed by atoms with Crippen LogP contribution < -0.4 is 10.6 Å². The fourth-order valence-corrected chi connectivity index (χ4v) is 4.49. The minimum absolute atomic E-state index is 0.0306. The van der Waals surface area contributed by atoms with Crippen molar-refractivity contribution >= 4 is 57.4 Å². The molecule has 0 fully saturated rings. The lowest BCUT2D eigenvalue weighted by atomic mass is 10.1. The Hall–Kier alpha value is -3.25. The highest BCUT2D eigenvalue weighted by Gasteiger charge is 2.27. The molecule has 2 rings (SSSR count). The van der Waals surface area contributed by atoms with Crippen molar-refractivity contribution < 1.29 is 38.2 Å². The van der Waals surface area contributed by atoms with Crippen LogP contribution in [0, 0.1) is 13.8 Å². The summed E-state index contributed by atoms with van der Waals surface area (Å²) in [5.41, 5.74) is 0.346. The predicted octanol–water partition coefficient (Wildman–Crippen LogP) is 2.69. The number of rotatable bonds is 10. The summed E-state index contributed by atoms with van der Waals surface area (Å²) in [4.78, 5) is 62.2. The zero-order chi connectivity index (χ0) is 24.5. The lowest BCUT2D eigenvalue weighted by Gasteiger charge is -2.08. The molecule has 2 aromatic rings. The fraction of sp³-hybridized carbons (Fsp3) is 0.381. The number of hydrogen-bond acceptors (Lipinski definition) is 10. The van der Waals surface area contributed by atoms with Crippen molar-refractivity contribution in [2.75, 3.05) is 31.7 Å². The summed E-state index contributed by atoms with van der Waals surface area (Å²) in [6.45, 7) is 5.85. The Balaban J connectivity index is 1.98. The van der Waals surface area contributed by atoms with Gasteiger partial charge >= 0.3 is 17.9 Å². The van der Waals surface area contributed by atoms with Gasteiger partial charge in [0.25, 0.3) is 11.8 Å². The van der Waals surface area contributed by atoms with Crippen molar-refractivity contribution in [1.29, 1.82) is 0 Å². The molecule has 2 aromatic heterocycles. The number of carbonyl (C=O) groups is 5. The van der Waals surface area contributed by atoms with E-state index in [4.69, 9.17) is 14.2 Å². The number of hydrogen-bond donors (Lipinski definition) is 2. The van der Waals surface area contributed by atoms with Crippen LogP contribution in [0.5, 0.6) is 0 Å². The Labute approximate surface area is 198 Å². The molecular formula is C21H24N2O8S2. The summed E-state index contributed by atoms with van der Waals surface area (Å²) in [7, 11) is 0. The molecule has 2 amide bonds. The molecule has 0 spiro atoms. The molecule has 33 heavy (non-hydrogen) atoms. The van der Waals surface area contributed by atoms with Crippen LogP contribution in [0.4, 0.5) is 5.00 Å². The molecule has 0 atom stereocenters. The van der Waals surface area contributed by atoms with Crippen molar-refractivity contribution in [2.24, 2.45) is 0 Å². The lowest BCUT2D eigenvalue weighted by Crippen LogP contribution is -2.31. The maximum Gasteiger partial charge on any atom is 0.348 e. The van der Waals surface area contributed by atoms with Crippen LogP contribution in [0.3, 0.4) is 0 Å². The molecule has 0 bridgehead atoms. The van der Waals surface area contributed by atoms with E-state index in [0.717, 1.165) is 16.2 Å². The van der Waals surface area contributed by atoms with Gasteiger partial charge in [-0.1, -0.05) is 0 Å². The summed E-state index contributed by atoms with van der Waals surface area (Å²) in [5, 5.41) is 4.96. The maximum absolute atomic E-state index is 12.4. The summed E-state index contributed by atoms with van der Waals surface area (Å²) in [6.07, 6.45) is 0. The second kappa shape index (κ2) is 12.1. The number of nitrogens with one attached hydrogen (secondary N) is 2. The summed E-state index contributed by atoms with van der Waals surface area (Å²) in [6, 6.07) is 3.43. The van der Waals surface area contributed by atoms with Gasteiger partial charge in [-0.15, -0.1) is 22.7 Å². The van der Waals surface area contributed by atoms with Crippen LogP contribution >= 0.6 is 22.7 Å². The molecular weight excluding hydrogens is 472 g/mol. The Bertz CT molecular complexity index is 1060. The van der Waals surface area contributed by atoms with Crippen molar-refractivity contribution in [3.05, 3.63) is 37.9 Å². The van der Waals surface area contributed by atoms with Crippen molar-refractivity contribution in [3.8, 4) is 0 Å². The van der Waals surface area contributed by atoms with Gasteiger partial charge in [0.2, 0.25) is 0 Å². The molecule has 12 heteroatoms. The average Bonchev–Trinajstić information content (AvgIpc) is 3.34. The van der Waals surface area contributed by atoms with Gasteiger partial charge in [-0.2, -0.15) is 0 Å². The highest BCUT2D eigenvalue weighted by Crippen LogP contribution is 2.34. The maximum atomic E-state index is 12.4. The van der Waals surface area contributed by atoms with E-state index in [1.54, 1.807) is 32.9 Å². The number of anilines is 1. The van der Waals surface area contributed by atoms with Gasteiger partial charge in [-0.25, -0.2) is 9.59 Å². The molecule has 0 radical (unpaired) electrons. The van der Waals surface area contributed by atoms with E-state index >= 15 is 0 Å². The Morgan fingerprint density at radius 1 is 0.909 bits per heavy atom. The molecule has 0 aliphatic carbocycles. The highest BCUT2D eigenvalue weighted by molar-refractivity contribution is 7.18. The fourth-order valence-electron chi connectivity index (χ4n) is 2.60. The Kier molecular flexibility index (Phi) is 9.55. The van der Waals surface area contributed by atoms with E-state index in [1.165, 1.54) is 11.3 Å². The Morgan fingerprint density at radius 2 is 1.58 bits per heavy atom. The SMILES string of the molecule is CCOC(=O)c1sc(NC(=O)COC(=O)CNC(=O)c2ccc(C)s2)c(C(=O)OCC)c1C. The molecule has 0 aromatic carbocycles. The molecule has 2 heterocycles. The second-order valence-electron chi connectivity index (χ2n) is 6.50. The third kappa shape index (κ3) is 7.12. The third-order valence-electron chi connectivity index (χ3n) is 4.06. The van der Waals surface area contributed by atoms with Crippen molar-refractivity contribution in [2.45, 2.75) is 27.7 Å². The molecule has 0 saturated heterocycles. The third-order valence-corrected chi connectivity index (χ3v) is 6.25. The highest BCUT2D eigenvalue weighted by atomic mass is 32.1. The quantitative estimate of drug-likeness (QED) is 0.378. The number of ether oxygens (including phenoxy) is 3. The molecule has 178 valence electrons. The zero-order valence-electron chi connectivity index (χ0n) is 18.6. The van der Waals surface area contributed by atoms with E-state index in [2.05, 4.69) is 10.6 Å². The number of esters is 3. The monoisotopic (exact) mass is 496 g/mol. The van der Waals surface area contributed by atoms with Gasteiger partial charge in [0, 0.05) is 4.88 Å². The minimum atomic E-state index is -0.813. The van der Waals surface area contributed by atoms with Crippen LogP contribution in [0.2, 0.25) is 0 Å². The molecule has 0 saturated carbocycles. The molecule has 0 unspecified atom stereocenters. The van der Waals surface area contributed by atoms with E-state index in [9.17, 15) is 24.0 Å². The first-order chi connectivity index (χ1) is 15.7. The van der Waals surface area contributed by atoms with Gasteiger partial charge in [0.15, 0.2) is 6.61 Å². The van der Waals surface area contributed by atoms with E-state index in [0.29, 0.717) is 10.4 Å². The van der Waals surface area contributed by atoms with E-state index in [-0.39, 0.29) is 28.7 Å². The van der Waals surface area contributed by atoms with E-state index < -0.39 is 42.9 Å². The van der Waals surface area contributed by atoms with E-state index in [1.807, 2.05) is 6.92 Å². The van der Waals surface area contributed by atoms with Crippen molar-refractivity contribution in [3.63, 3.8) is 0 Å². The van der Waals surface area contributed by atoms with Crippen LogP contribution in [0.15, 0.2) is 12.1 Å². The molecule has 10 nitrogen and oxygen atoms in total. The Morgan fingerprint density at radius 3 is 2.18 bits per heavy atom. The smallest absolute Gasteiger partial charge is 0.348 e. The molecule has 2 N–H and O–H groups in total. The van der Waals surface area contributed by atoms with Crippen LogP contribution in [0.1, 0.15) is 54.0 Å². The standard InChI is InChI=1S/C21H24N2O8S2/c1-5-29-20(27)16-12(4)17(21(28)30-6-2)33-19(16)23-14(24)10-31-15(25)9-22-18(26)13-8-7-11(3)32-13/h7-8H,5-6,9-10H2,1-4H3,(H,22,26)(H,23,24). The summed E-state index contributed by atoms with van der Waals surface area (Å²) < 4.78 is 14.9. The lowest BCUT2D eigenvalue weighted by molar-refractivity contribution is -0.146. The molecule has 0 aliphatic rings. The van der Waals surface area contributed by atoms with Crippen LogP contribution in [0.25, 0.3) is 0 Å².